The van der Waals surface area contributed by atoms with Crippen molar-refractivity contribution in [1.82, 2.24) is 4.98 Å². The van der Waals surface area contributed by atoms with E-state index in [0.29, 0.717) is 6.61 Å². The lowest BCUT2D eigenvalue weighted by atomic mass is 10.1. The standard InChI is InChI=1S/C15H17NO2/c1-3-18-14-6-4-13(5-7-14)15-9-12(10-17)8-11(2)16-15/h4-9,17H,3,10H2,1-2H3. The third-order valence-electron chi connectivity index (χ3n) is 2.66. The zero-order valence-corrected chi connectivity index (χ0v) is 10.7. The van der Waals surface area contributed by atoms with E-state index >= 15 is 0 Å². The molecular formula is C15H17NO2. The monoisotopic (exact) mass is 243 g/mol. The van der Waals surface area contributed by atoms with Gasteiger partial charge in [0, 0.05) is 11.3 Å². The van der Waals surface area contributed by atoms with Crippen molar-refractivity contribution in [3.8, 4) is 17.0 Å². The Bertz CT molecular complexity index is 521. The fourth-order valence-electron chi connectivity index (χ4n) is 1.87. The van der Waals surface area contributed by atoms with Crippen molar-refractivity contribution < 1.29 is 9.84 Å². The topological polar surface area (TPSA) is 42.4 Å². The molecule has 2 aromatic rings. The average molecular weight is 243 g/mol. The first-order chi connectivity index (χ1) is 8.72. The number of aliphatic hydroxyl groups is 1. The second kappa shape index (κ2) is 5.65. The van der Waals surface area contributed by atoms with E-state index < -0.39 is 0 Å². The lowest BCUT2D eigenvalue weighted by Crippen LogP contribution is -1.93. The lowest BCUT2D eigenvalue weighted by molar-refractivity contribution is 0.281. The number of aromatic nitrogens is 1. The first kappa shape index (κ1) is 12.6. The molecule has 0 aliphatic rings. The summed E-state index contributed by atoms with van der Waals surface area (Å²) < 4.78 is 5.40. The van der Waals surface area contributed by atoms with Crippen LogP contribution >= 0.6 is 0 Å². The van der Waals surface area contributed by atoms with Crippen LogP contribution in [0.3, 0.4) is 0 Å². The van der Waals surface area contributed by atoms with Crippen LogP contribution in [0.2, 0.25) is 0 Å². The van der Waals surface area contributed by atoms with Crippen LogP contribution in [0, 0.1) is 6.92 Å². The first-order valence-corrected chi connectivity index (χ1v) is 6.04. The van der Waals surface area contributed by atoms with Crippen LogP contribution < -0.4 is 4.74 Å². The van der Waals surface area contributed by atoms with Gasteiger partial charge in [-0.3, -0.25) is 4.98 Å². The minimum absolute atomic E-state index is 0.0351. The molecule has 3 heteroatoms. The van der Waals surface area contributed by atoms with E-state index in [0.717, 1.165) is 28.3 Å². The van der Waals surface area contributed by atoms with Crippen molar-refractivity contribution in [2.45, 2.75) is 20.5 Å². The van der Waals surface area contributed by atoms with Gasteiger partial charge in [-0.25, -0.2) is 0 Å². The Morgan fingerprint density at radius 1 is 1.17 bits per heavy atom. The molecule has 94 valence electrons. The highest BCUT2D eigenvalue weighted by molar-refractivity contribution is 5.61. The number of hydrogen-bond acceptors (Lipinski definition) is 3. The number of benzene rings is 1. The van der Waals surface area contributed by atoms with Crippen LogP contribution in [0.15, 0.2) is 36.4 Å². The van der Waals surface area contributed by atoms with E-state index in [9.17, 15) is 5.11 Å². The van der Waals surface area contributed by atoms with Gasteiger partial charge in [-0.2, -0.15) is 0 Å². The average Bonchev–Trinajstić information content (AvgIpc) is 2.39. The summed E-state index contributed by atoms with van der Waals surface area (Å²) in [6.45, 7) is 4.59. The Balaban J connectivity index is 2.33. The Hall–Kier alpha value is -1.87. The number of pyridine rings is 1. The molecule has 0 amide bonds. The largest absolute Gasteiger partial charge is 0.494 e. The molecule has 0 radical (unpaired) electrons. The van der Waals surface area contributed by atoms with Gasteiger partial charge < -0.3 is 9.84 Å². The molecule has 0 fully saturated rings. The fourth-order valence-corrected chi connectivity index (χ4v) is 1.87. The number of ether oxygens (including phenoxy) is 1. The molecule has 1 aromatic carbocycles. The second-order valence-corrected chi connectivity index (χ2v) is 4.12. The zero-order chi connectivity index (χ0) is 13.0. The van der Waals surface area contributed by atoms with Crippen LogP contribution in [0.25, 0.3) is 11.3 Å². The third kappa shape index (κ3) is 2.87. The minimum Gasteiger partial charge on any atom is -0.494 e. The van der Waals surface area contributed by atoms with Gasteiger partial charge >= 0.3 is 0 Å². The normalized spacial score (nSPS) is 10.4. The molecule has 0 bridgehead atoms. The molecule has 0 saturated carbocycles. The van der Waals surface area contributed by atoms with Crippen molar-refractivity contribution in [3.05, 3.63) is 47.7 Å². The van der Waals surface area contributed by atoms with Crippen molar-refractivity contribution in [2.75, 3.05) is 6.61 Å². The van der Waals surface area contributed by atoms with E-state index in [2.05, 4.69) is 4.98 Å². The van der Waals surface area contributed by atoms with Gasteiger partial charge in [0.05, 0.1) is 18.9 Å². The predicted molar refractivity (Wildman–Crippen MR) is 71.5 cm³/mol. The van der Waals surface area contributed by atoms with Gasteiger partial charge in [0.2, 0.25) is 0 Å². The van der Waals surface area contributed by atoms with Crippen LogP contribution in [0.1, 0.15) is 18.2 Å². The molecule has 1 aromatic heterocycles. The summed E-state index contributed by atoms with van der Waals surface area (Å²) in [7, 11) is 0. The quantitative estimate of drug-likeness (QED) is 0.897. The predicted octanol–water partition coefficient (Wildman–Crippen LogP) is 2.95. The smallest absolute Gasteiger partial charge is 0.119 e. The second-order valence-electron chi connectivity index (χ2n) is 4.12. The van der Waals surface area contributed by atoms with Gasteiger partial charge in [0.25, 0.3) is 0 Å². The Morgan fingerprint density at radius 3 is 2.50 bits per heavy atom. The molecule has 0 saturated heterocycles. The highest BCUT2D eigenvalue weighted by Crippen LogP contribution is 2.22. The van der Waals surface area contributed by atoms with Crippen LogP contribution in [-0.4, -0.2) is 16.7 Å². The number of aryl methyl sites for hydroxylation is 1. The molecule has 0 atom stereocenters. The Morgan fingerprint density at radius 2 is 1.89 bits per heavy atom. The number of aliphatic hydroxyl groups excluding tert-OH is 1. The van der Waals surface area contributed by atoms with E-state index in [4.69, 9.17) is 4.74 Å². The molecule has 0 unspecified atom stereocenters. The highest BCUT2D eigenvalue weighted by Gasteiger charge is 2.03. The maximum absolute atomic E-state index is 9.20. The van der Waals surface area contributed by atoms with Gasteiger partial charge in [0.1, 0.15) is 5.75 Å². The van der Waals surface area contributed by atoms with E-state index in [1.54, 1.807) is 0 Å². The minimum atomic E-state index is 0.0351. The van der Waals surface area contributed by atoms with Crippen molar-refractivity contribution in [2.24, 2.45) is 0 Å². The summed E-state index contributed by atoms with van der Waals surface area (Å²) >= 11 is 0. The molecule has 1 N–H and O–H groups in total. The van der Waals surface area contributed by atoms with Gasteiger partial charge in [-0.15, -0.1) is 0 Å². The van der Waals surface area contributed by atoms with Crippen LogP contribution in [0.4, 0.5) is 0 Å². The molecule has 18 heavy (non-hydrogen) atoms. The summed E-state index contributed by atoms with van der Waals surface area (Å²) in [6, 6.07) is 11.6. The van der Waals surface area contributed by atoms with Crippen LogP contribution in [-0.2, 0) is 6.61 Å². The first-order valence-electron chi connectivity index (χ1n) is 6.04. The fraction of sp³-hybridized carbons (Fsp3) is 0.267. The van der Waals surface area contributed by atoms with Gasteiger partial charge in [-0.05, 0) is 55.8 Å². The zero-order valence-electron chi connectivity index (χ0n) is 10.7. The summed E-state index contributed by atoms with van der Waals surface area (Å²) in [5.74, 6) is 0.858. The molecule has 1 heterocycles. The lowest BCUT2D eigenvalue weighted by Gasteiger charge is -2.07. The van der Waals surface area contributed by atoms with Gasteiger partial charge in [0.15, 0.2) is 0 Å². The number of hydrogen-bond donors (Lipinski definition) is 1. The summed E-state index contributed by atoms with van der Waals surface area (Å²) in [4.78, 5) is 4.48. The molecule has 3 nitrogen and oxygen atoms in total. The van der Waals surface area contributed by atoms with E-state index in [-0.39, 0.29) is 6.61 Å². The maximum atomic E-state index is 9.20. The summed E-state index contributed by atoms with van der Waals surface area (Å²) in [6.07, 6.45) is 0. The van der Waals surface area contributed by atoms with Crippen molar-refractivity contribution in [3.63, 3.8) is 0 Å². The third-order valence-corrected chi connectivity index (χ3v) is 2.66. The Labute approximate surface area is 107 Å². The Kier molecular flexibility index (Phi) is 3.95. The number of nitrogens with zero attached hydrogens (tertiary/aromatic N) is 1. The highest BCUT2D eigenvalue weighted by atomic mass is 16.5. The summed E-state index contributed by atoms with van der Waals surface area (Å²) in [5.41, 5.74) is 3.69. The molecular weight excluding hydrogens is 226 g/mol. The van der Waals surface area contributed by atoms with Crippen LogP contribution in [0.5, 0.6) is 5.75 Å². The van der Waals surface area contributed by atoms with Gasteiger partial charge in [-0.1, -0.05) is 0 Å². The molecule has 0 aliphatic heterocycles. The molecule has 0 spiro atoms. The van der Waals surface area contributed by atoms with E-state index in [1.165, 1.54) is 0 Å². The van der Waals surface area contributed by atoms with Crippen molar-refractivity contribution >= 4 is 0 Å². The SMILES string of the molecule is CCOc1ccc(-c2cc(CO)cc(C)n2)cc1. The molecule has 0 aliphatic carbocycles. The summed E-state index contributed by atoms with van der Waals surface area (Å²) in [5, 5.41) is 9.20. The van der Waals surface area contributed by atoms with E-state index in [1.807, 2.05) is 50.2 Å². The maximum Gasteiger partial charge on any atom is 0.119 e. The van der Waals surface area contributed by atoms with Crippen molar-refractivity contribution in [1.29, 1.82) is 0 Å². The number of rotatable bonds is 4. The molecule has 2 rings (SSSR count).